The van der Waals surface area contributed by atoms with E-state index in [-0.39, 0.29) is 17.6 Å². The standard InChI is InChI=1S/C15H21ClN2O3/c1-4-11-7-10(8-12(16)18-11)13(19)17-9-15(5-2,6-3)14(20)21/h7-8H,4-6,9H2,1-3H3,(H,17,19)(H,20,21). The van der Waals surface area contributed by atoms with Crippen molar-refractivity contribution in [3.63, 3.8) is 0 Å². The molecule has 116 valence electrons. The number of hydrogen-bond donors (Lipinski definition) is 2. The largest absolute Gasteiger partial charge is 0.481 e. The summed E-state index contributed by atoms with van der Waals surface area (Å²) in [7, 11) is 0. The van der Waals surface area contributed by atoms with Crippen LogP contribution in [0.5, 0.6) is 0 Å². The van der Waals surface area contributed by atoms with Crippen LogP contribution in [-0.4, -0.2) is 28.5 Å². The van der Waals surface area contributed by atoms with Gasteiger partial charge in [-0.1, -0.05) is 32.4 Å². The Morgan fingerprint density at radius 3 is 2.38 bits per heavy atom. The molecule has 2 N–H and O–H groups in total. The number of pyridine rings is 1. The molecule has 0 aliphatic rings. The number of nitrogens with zero attached hydrogens (tertiary/aromatic N) is 1. The third-order valence-corrected chi connectivity index (χ3v) is 4.06. The number of halogens is 1. The second kappa shape index (κ2) is 7.41. The Hall–Kier alpha value is -1.62. The monoisotopic (exact) mass is 312 g/mol. The Morgan fingerprint density at radius 2 is 1.90 bits per heavy atom. The second-order valence-corrected chi connectivity index (χ2v) is 5.39. The molecule has 0 saturated carbocycles. The molecule has 0 aliphatic carbocycles. The van der Waals surface area contributed by atoms with Gasteiger partial charge in [0.25, 0.3) is 5.91 Å². The van der Waals surface area contributed by atoms with Gasteiger partial charge in [-0.25, -0.2) is 4.98 Å². The van der Waals surface area contributed by atoms with Crippen LogP contribution in [0.3, 0.4) is 0 Å². The van der Waals surface area contributed by atoms with E-state index in [1.165, 1.54) is 6.07 Å². The number of hydrogen-bond acceptors (Lipinski definition) is 3. The van der Waals surface area contributed by atoms with Gasteiger partial charge in [-0.2, -0.15) is 0 Å². The van der Waals surface area contributed by atoms with Gasteiger partial charge in [0.1, 0.15) is 5.15 Å². The average molecular weight is 313 g/mol. The molecule has 1 rings (SSSR count). The van der Waals surface area contributed by atoms with Crippen molar-refractivity contribution in [2.75, 3.05) is 6.54 Å². The molecule has 0 fully saturated rings. The minimum atomic E-state index is -0.930. The van der Waals surface area contributed by atoms with Crippen molar-refractivity contribution in [1.82, 2.24) is 10.3 Å². The zero-order chi connectivity index (χ0) is 16.0. The van der Waals surface area contributed by atoms with E-state index in [1.807, 2.05) is 20.8 Å². The van der Waals surface area contributed by atoms with Crippen molar-refractivity contribution in [1.29, 1.82) is 0 Å². The van der Waals surface area contributed by atoms with E-state index in [0.717, 1.165) is 5.69 Å². The first-order valence-corrected chi connectivity index (χ1v) is 7.44. The number of carbonyl (C=O) groups is 2. The van der Waals surface area contributed by atoms with Gasteiger partial charge < -0.3 is 10.4 Å². The number of carboxylic acids is 1. The van der Waals surface area contributed by atoms with E-state index in [0.29, 0.717) is 24.8 Å². The van der Waals surface area contributed by atoms with Crippen molar-refractivity contribution in [2.45, 2.75) is 40.0 Å². The maximum Gasteiger partial charge on any atom is 0.311 e. The summed E-state index contributed by atoms with van der Waals surface area (Å²) in [6.45, 7) is 5.63. The number of carbonyl (C=O) groups excluding carboxylic acids is 1. The van der Waals surface area contributed by atoms with E-state index < -0.39 is 11.4 Å². The number of amides is 1. The molecule has 0 saturated heterocycles. The van der Waals surface area contributed by atoms with Crippen LogP contribution in [0.4, 0.5) is 0 Å². The molecular formula is C15H21ClN2O3. The lowest BCUT2D eigenvalue weighted by atomic mass is 9.82. The summed E-state index contributed by atoms with van der Waals surface area (Å²) in [6, 6.07) is 3.15. The van der Waals surface area contributed by atoms with Crippen molar-refractivity contribution in [2.24, 2.45) is 5.41 Å². The fourth-order valence-corrected chi connectivity index (χ4v) is 2.32. The van der Waals surface area contributed by atoms with Gasteiger partial charge >= 0.3 is 5.97 Å². The SMILES string of the molecule is CCc1cc(C(=O)NCC(CC)(CC)C(=O)O)cc(Cl)n1. The highest BCUT2D eigenvalue weighted by atomic mass is 35.5. The molecule has 0 radical (unpaired) electrons. The van der Waals surface area contributed by atoms with Crippen LogP contribution in [0.1, 0.15) is 49.7 Å². The van der Waals surface area contributed by atoms with Crippen LogP contribution in [0.2, 0.25) is 5.15 Å². The van der Waals surface area contributed by atoms with Crippen LogP contribution in [0.25, 0.3) is 0 Å². The van der Waals surface area contributed by atoms with Gasteiger partial charge in [0.05, 0.1) is 5.41 Å². The van der Waals surface area contributed by atoms with Gasteiger partial charge in [0.2, 0.25) is 0 Å². The van der Waals surface area contributed by atoms with Crippen LogP contribution < -0.4 is 5.32 Å². The average Bonchev–Trinajstić information content (AvgIpc) is 2.47. The smallest absolute Gasteiger partial charge is 0.311 e. The minimum Gasteiger partial charge on any atom is -0.481 e. The Labute approximate surface area is 129 Å². The molecule has 0 aromatic carbocycles. The zero-order valence-corrected chi connectivity index (χ0v) is 13.3. The summed E-state index contributed by atoms with van der Waals surface area (Å²) in [5.74, 6) is -1.23. The molecule has 0 unspecified atom stereocenters. The molecule has 5 nitrogen and oxygen atoms in total. The quantitative estimate of drug-likeness (QED) is 0.759. The van der Waals surface area contributed by atoms with Crippen LogP contribution in [-0.2, 0) is 11.2 Å². The normalized spacial score (nSPS) is 11.2. The maximum atomic E-state index is 12.2. The Morgan fingerprint density at radius 1 is 1.29 bits per heavy atom. The Balaban J connectivity index is 2.86. The van der Waals surface area contributed by atoms with Crippen LogP contribution >= 0.6 is 11.6 Å². The fourth-order valence-electron chi connectivity index (χ4n) is 2.09. The molecule has 21 heavy (non-hydrogen) atoms. The minimum absolute atomic E-state index is 0.0928. The summed E-state index contributed by atoms with van der Waals surface area (Å²) < 4.78 is 0. The summed E-state index contributed by atoms with van der Waals surface area (Å²) in [4.78, 5) is 27.7. The number of aryl methyl sites for hydroxylation is 1. The highest BCUT2D eigenvalue weighted by Crippen LogP contribution is 2.25. The number of nitrogens with one attached hydrogen (secondary N) is 1. The molecule has 0 bridgehead atoms. The molecule has 1 aromatic rings. The summed E-state index contributed by atoms with van der Waals surface area (Å²) >= 11 is 5.88. The molecule has 1 amide bonds. The van der Waals surface area contributed by atoms with Crippen molar-refractivity contribution >= 4 is 23.5 Å². The first kappa shape index (κ1) is 17.4. The van der Waals surface area contributed by atoms with Crippen LogP contribution in [0.15, 0.2) is 12.1 Å². The topological polar surface area (TPSA) is 79.3 Å². The zero-order valence-electron chi connectivity index (χ0n) is 12.6. The lowest BCUT2D eigenvalue weighted by molar-refractivity contribution is -0.149. The second-order valence-electron chi connectivity index (χ2n) is 5.00. The van der Waals surface area contributed by atoms with E-state index in [4.69, 9.17) is 11.6 Å². The van der Waals surface area contributed by atoms with Gasteiger partial charge in [0, 0.05) is 17.8 Å². The number of carboxylic acid groups (broad SMARTS) is 1. The van der Waals surface area contributed by atoms with Gasteiger partial charge in [-0.05, 0) is 31.4 Å². The van der Waals surface area contributed by atoms with E-state index >= 15 is 0 Å². The maximum absolute atomic E-state index is 12.2. The number of aliphatic carboxylic acids is 1. The lowest BCUT2D eigenvalue weighted by Crippen LogP contribution is -2.42. The molecule has 0 atom stereocenters. The van der Waals surface area contributed by atoms with Crippen molar-refractivity contribution in [3.8, 4) is 0 Å². The van der Waals surface area contributed by atoms with Gasteiger partial charge in [0.15, 0.2) is 0 Å². The highest BCUT2D eigenvalue weighted by molar-refractivity contribution is 6.29. The van der Waals surface area contributed by atoms with Gasteiger partial charge in [-0.15, -0.1) is 0 Å². The van der Waals surface area contributed by atoms with Gasteiger partial charge in [-0.3, -0.25) is 9.59 Å². The number of aromatic nitrogens is 1. The number of rotatable bonds is 7. The Bertz CT molecular complexity index is 528. The predicted octanol–water partition coefficient (Wildman–Crippen LogP) is 2.92. The Kier molecular flexibility index (Phi) is 6.15. The van der Waals surface area contributed by atoms with Crippen LogP contribution in [0, 0.1) is 5.41 Å². The first-order valence-electron chi connectivity index (χ1n) is 7.06. The van der Waals surface area contributed by atoms with Crippen molar-refractivity contribution in [3.05, 3.63) is 28.5 Å². The van der Waals surface area contributed by atoms with E-state index in [1.54, 1.807) is 6.07 Å². The van der Waals surface area contributed by atoms with E-state index in [9.17, 15) is 14.7 Å². The first-order chi connectivity index (χ1) is 9.88. The van der Waals surface area contributed by atoms with E-state index in [2.05, 4.69) is 10.3 Å². The third-order valence-electron chi connectivity index (χ3n) is 3.87. The molecule has 0 spiro atoms. The molecule has 1 aromatic heterocycles. The highest BCUT2D eigenvalue weighted by Gasteiger charge is 2.35. The predicted molar refractivity (Wildman–Crippen MR) is 81.6 cm³/mol. The molecule has 1 heterocycles. The molecule has 6 heteroatoms. The van der Waals surface area contributed by atoms with Crippen molar-refractivity contribution < 1.29 is 14.7 Å². The summed E-state index contributed by atoms with van der Waals surface area (Å²) in [5, 5.41) is 12.3. The third kappa shape index (κ3) is 4.17. The molecule has 0 aliphatic heterocycles. The molecular weight excluding hydrogens is 292 g/mol. The summed E-state index contributed by atoms with van der Waals surface area (Å²) in [5.41, 5.74) is 0.196. The lowest BCUT2D eigenvalue weighted by Gasteiger charge is -2.26. The summed E-state index contributed by atoms with van der Waals surface area (Å²) in [6.07, 6.45) is 1.58. The fraction of sp³-hybridized carbons (Fsp3) is 0.533.